The summed E-state index contributed by atoms with van der Waals surface area (Å²) in [6.07, 6.45) is 3.62. The van der Waals surface area contributed by atoms with Crippen molar-refractivity contribution < 1.29 is 9.53 Å². The minimum Gasteiger partial charge on any atom is -0.462 e. The van der Waals surface area contributed by atoms with Gasteiger partial charge in [0.05, 0.1) is 17.9 Å². The van der Waals surface area contributed by atoms with Crippen LogP contribution in [0.15, 0.2) is 23.2 Å². The van der Waals surface area contributed by atoms with Gasteiger partial charge in [-0.05, 0) is 37.8 Å². The number of carbonyl (C=O) groups excluding carboxylic acids is 1. The zero-order chi connectivity index (χ0) is 14.3. The first kappa shape index (κ1) is 15.1. The molecule has 0 amide bonds. The molecule has 1 aromatic carbocycles. The summed E-state index contributed by atoms with van der Waals surface area (Å²) in [5.41, 5.74) is 1.91. The number of carbonyl (C=O) groups is 1. The number of benzene rings is 1. The minimum absolute atomic E-state index is 0.331. The highest BCUT2D eigenvalue weighted by Crippen LogP contribution is 2.20. The molecule has 0 aliphatic heterocycles. The van der Waals surface area contributed by atoms with Gasteiger partial charge in [-0.25, -0.2) is 9.79 Å². The van der Waals surface area contributed by atoms with Crippen molar-refractivity contribution in [2.45, 2.75) is 13.8 Å². The number of rotatable bonds is 3. The second-order valence-corrected chi connectivity index (χ2v) is 4.37. The van der Waals surface area contributed by atoms with Crippen molar-refractivity contribution in [1.82, 2.24) is 5.32 Å². The number of hydrogen-bond donors (Lipinski definition) is 1. The van der Waals surface area contributed by atoms with Gasteiger partial charge >= 0.3 is 5.97 Å². The average Bonchev–Trinajstić information content (AvgIpc) is 2.40. The highest BCUT2D eigenvalue weighted by atomic mass is 32.2. The molecule has 1 rings (SSSR count). The standard InChI is InChI=1S/C13H15N3O2S/c1-4-18-12(17)11-7-10(6-5-9(11)2)16-13(19-3)15-8-14/h5-7H,4H2,1-3H3,(H,15,16). The quantitative estimate of drug-likeness (QED) is 0.302. The van der Waals surface area contributed by atoms with Crippen LogP contribution in [0, 0.1) is 18.4 Å². The molecule has 6 heteroatoms. The van der Waals surface area contributed by atoms with E-state index in [2.05, 4.69) is 10.3 Å². The number of nitrogens with zero attached hydrogens (tertiary/aromatic N) is 2. The van der Waals surface area contributed by atoms with Gasteiger partial charge in [-0.2, -0.15) is 5.26 Å². The monoisotopic (exact) mass is 277 g/mol. The van der Waals surface area contributed by atoms with Crippen LogP contribution < -0.4 is 5.32 Å². The molecular formula is C13H15N3O2S. The van der Waals surface area contributed by atoms with E-state index < -0.39 is 0 Å². The molecule has 100 valence electrons. The van der Waals surface area contributed by atoms with Gasteiger partial charge in [0.25, 0.3) is 0 Å². The first-order chi connectivity index (χ1) is 9.12. The number of nitriles is 1. The lowest BCUT2D eigenvalue weighted by Gasteiger charge is -2.07. The van der Waals surface area contributed by atoms with Crippen molar-refractivity contribution in [3.8, 4) is 6.19 Å². The largest absolute Gasteiger partial charge is 0.462 e. The Hall–Kier alpha value is -2.00. The third-order valence-electron chi connectivity index (χ3n) is 2.30. The number of thioether (sulfide) groups is 1. The summed E-state index contributed by atoms with van der Waals surface area (Å²) < 4.78 is 4.98. The van der Waals surface area contributed by atoms with Crippen LogP contribution in [0.4, 0.5) is 5.69 Å². The Kier molecular flexibility index (Phi) is 5.90. The summed E-state index contributed by atoms with van der Waals surface area (Å²) in [6, 6.07) is 5.24. The molecule has 5 nitrogen and oxygen atoms in total. The highest BCUT2D eigenvalue weighted by molar-refractivity contribution is 8.13. The number of aliphatic imine (C=N–C) groups is 1. The highest BCUT2D eigenvalue weighted by Gasteiger charge is 2.10. The van der Waals surface area contributed by atoms with Crippen molar-refractivity contribution >= 4 is 28.6 Å². The molecule has 0 bridgehead atoms. The van der Waals surface area contributed by atoms with Crippen LogP contribution in [0.25, 0.3) is 0 Å². The van der Waals surface area contributed by atoms with Gasteiger partial charge in [0, 0.05) is 0 Å². The van der Waals surface area contributed by atoms with Crippen LogP contribution in [0.1, 0.15) is 22.8 Å². The molecule has 19 heavy (non-hydrogen) atoms. The Balaban J connectivity index is 3.09. The van der Waals surface area contributed by atoms with Crippen molar-refractivity contribution in [3.05, 3.63) is 29.3 Å². The summed E-state index contributed by atoms with van der Waals surface area (Å²) in [7, 11) is 0. The molecule has 0 aromatic heterocycles. The molecule has 0 atom stereocenters. The van der Waals surface area contributed by atoms with E-state index in [0.717, 1.165) is 5.56 Å². The molecule has 0 saturated heterocycles. The number of nitrogens with one attached hydrogen (secondary N) is 1. The van der Waals surface area contributed by atoms with Crippen LogP contribution in [0.2, 0.25) is 0 Å². The smallest absolute Gasteiger partial charge is 0.338 e. The van der Waals surface area contributed by atoms with Gasteiger partial charge in [0.15, 0.2) is 11.4 Å². The molecular weight excluding hydrogens is 262 g/mol. The van der Waals surface area contributed by atoms with Gasteiger partial charge in [-0.3, -0.25) is 5.32 Å². The minimum atomic E-state index is -0.365. The van der Waals surface area contributed by atoms with Crippen LogP contribution in [-0.4, -0.2) is 24.0 Å². The maximum atomic E-state index is 11.8. The fourth-order valence-electron chi connectivity index (χ4n) is 1.40. The SMILES string of the molecule is CCOC(=O)c1cc(N=C(NC#N)SC)ccc1C. The topological polar surface area (TPSA) is 74.5 Å². The van der Waals surface area contributed by atoms with Gasteiger partial charge in [0.2, 0.25) is 0 Å². The second-order valence-electron chi connectivity index (χ2n) is 3.58. The number of hydrogen-bond acceptors (Lipinski definition) is 5. The van der Waals surface area contributed by atoms with Crippen LogP contribution in [0.3, 0.4) is 0 Å². The van der Waals surface area contributed by atoms with Gasteiger partial charge in [0.1, 0.15) is 0 Å². The Morgan fingerprint density at radius 3 is 2.89 bits per heavy atom. The van der Waals surface area contributed by atoms with E-state index in [1.807, 2.05) is 19.4 Å². The number of aryl methyl sites for hydroxylation is 1. The average molecular weight is 277 g/mol. The Morgan fingerprint density at radius 2 is 2.32 bits per heavy atom. The predicted molar refractivity (Wildman–Crippen MR) is 76.5 cm³/mol. The normalized spacial score (nSPS) is 10.7. The molecule has 1 aromatic rings. The predicted octanol–water partition coefficient (Wildman–Crippen LogP) is 2.59. The van der Waals surface area contributed by atoms with Gasteiger partial charge in [-0.1, -0.05) is 17.8 Å². The van der Waals surface area contributed by atoms with Crippen LogP contribution >= 0.6 is 11.8 Å². The zero-order valence-corrected chi connectivity index (χ0v) is 11.9. The summed E-state index contributed by atoms with van der Waals surface area (Å²) in [5.74, 6) is -0.365. The van der Waals surface area contributed by atoms with Crippen molar-refractivity contribution in [2.24, 2.45) is 4.99 Å². The van der Waals surface area contributed by atoms with Gasteiger partial charge in [-0.15, -0.1) is 0 Å². The molecule has 0 spiro atoms. The van der Waals surface area contributed by atoms with Crippen molar-refractivity contribution in [1.29, 1.82) is 5.26 Å². The summed E-state index contributed by atoms with van der Waals surface area (Å²) in [5, 5.41) is 11.5. The third kappa shape index (κ3) is 4.30. The zero-order valence-electron chi connectivity index (χ0n) is 11.1. The molecule has 0 aliphatic carbocycles. The summed E-state index contributed by atoms with van der Waals surface area (Å²) in [4.78, 5) is 16.0. The lowest BCUT2D eigenvalue weighted by atomic mass is 10.1. The Labute approximate surface area is 116 Å². The Morgan fingerprint density at radius 1 is 1.58 bits per heavy atom. The Bertz CT molecular complexity index is 535. The van der Waals surface area contributed by atoms with E-state index in [1.54, 1.807) is 25.1 Å². The van der Waals surface area contributed by atoms with E-state index in [9.17, 15) is 4.79 Å². The van der Waals surface area contributed by atoms with Crippen LogP contribution in [-0.2, 0) is 4.74 Å². The van der Waals surface area contributed by atoms with Gasteiger partial charge < -0.3 is 4.74 Å². The van der Waals surface area contributed by atoms with Crippen molar-refractivity contribution in [2.75, 3.05) is 12.9 Å². The fraction of sp³-hybridized carbons (Fsp3) is 0.308. The molecule has 0 saturated carbocycles. The molecule has 0 radical (unpaired) electrons. The summed E-state index contributed by atoms with van der Waals surface area (Å²) >= 11 is 1.32. The van der Waals surface area contributed by atoms with Crippen LogP contribution in [0.5, 0.6) is 0 Å². The molecule has 0 heterocycles. The second kappa shape index (κ2) is 7.44. The van der Waals surface area contributed by atoms with E-state index in [0.29, 0.717) is 23.0 Å². The maximum Gasteiger partial charge on any atom is 0.338 e. The fourth-order valence-corrected chi connectivity index (χ4v) is 1.74. The van der Waals surface area contributed by atoms with E-state index >= 15 is 0 Å². The lowest BCUT2D eigenvalue weighted by Crippen LogP contribution is -2.12. The van der Waals surface area contributed by atoms with E-state index in [4.69, 9.17) is 10.00 Å². The number of esters is 1. The molecule has 0 aliphatic rings. The van der Waals surface area contributed by atoms with E-state index in [-0.39, 0.29) is 5.97 Å². The van der Waals surface area contributed by atoms with Crippen molar-refractivity contribution in [3.63, 3.8) is 0 Å². The number of ether oxygens (including phenoxy) is 1. The number of amidine groups is 1. The maximum absolute atomic E-state index is 11.8. The molecule has 1 N–H and O–H groups in total. The first-order valence-electron chi connectivity index (χ1n) is 5.68. The lowest BCUT2D eigenvalue weighted by molar-refractivity contribution is 0.0525. The first-order valence-corrected chi connectivity index (χ1v) is 6.90. The third-order valence-corrected chi connectivity index (χ3v) is 2.88. The molecule has 0 fully saturated rings. The molecule has 0 unspecified atom stereocenters. The van der Waals surface area contributed by atoms with E-state index in [1.165, 1.54) is 11.8 Å². The summed E-state index contributed by atoms with van der Waals surface area (Å²) in [6.45, 7) is 3.93.